The van der Waals surface area contributed by atoms with E-state index in [-0.39, 0.29) is 23.9 Å². The first-order valence-electron chi connectivity index (χ1n) is 5.01. The smallest absolute Gasteiger partial charge is 0.168 e. The Labute approximate surface area is 85.1 Å². The van der Waals surface area contributed by atoms with E-state index in [4.69, 9.17) is 9.47 Å². The van der Waals surface area contributed by atoms with Gasteiger partial charge in [-0.3, -0.25) is 4.79 Å². The first kappa shape index (κ1) is 11.2. The summed E-state index contributed by atoms with van der Waals surface area (Å²) in [5, 5.41) is 0. The fourth-order valence-corrected chi connectivity index (χ4v) is 1.81. The Kier molecular flexibility index (Phi) is 3.69. The Morgan fingerprint density at radius 3 is 2.79 bits per heavy atom. The molecular weight excluding hydrogens is 180 g/mol. The molecule has 0 aromatic rings. The number of Topliss-reactive ketones (excluding diaryl/α,β-unsaturated/α-hetero) is 1. The lowest BCUT2D eigenvalue weighted by molar-refractivity contribution is -0.130. The van der Waals surface area contributed by atoms with E-state index >= 15 is 0 Å². The van der Waals surface area contributed by atoms with Crippen LogP contribution in [0.5, 0.6) is 0 Å². The molecule has 0 saturated heterocycles. The molecule has 0 amide bonds. The Morgan fingerprint density at radius 2 is 2.29 bits per heavy atom. The number of hydrogen-bond acceptors (Lipinski definition) is 3. The molecule has 1 rings (SSSR count). The third-order valence-electron chi connectivity index (χ3n) is 2.77. The van der Waals surface area contributed by atoms with Crippen LogP contribution in [-0.2, 0) is 14.3 Å². The van der Waals surface area contributed by atoms with E-state index in [1.807, 2.05) is 13.8 Å². The number of allylic oxidation sites excluding steroid dienone is 1. The average Bonchev–Trinajstić information content (AvgIpc) is 2.19. The van der Waals surface area contributed by atoms with Crippen molar-refractivity contribution in [2.45, 2.75) is 39.4 Å². The van der Waals surface area contributed by atoms with E-state index in [2.05, 4.69) is 0 Å². The normalized spacial score (nSPS) is 29.4. The van der Waals surface area contributed by atoms with Crippen molar-refractivity contribution >= 4 is 5.78 Å². The lowest BCUT2D eigenvalue weighted by atomic mass is 9.89. The van der Waals surface area contributed by atoms with Gasteiger partial charge in [0.25, 0.3) is 0 Å². The molecule has 0 bridgehead atoms. The fourth-order valence-electron chi connectivity index (χ4n) is 1.81. The molecule has 3 atom stereocenters. The maximum atomic E-state index is 11.7. The molecule has 1 unspecified atom stereocenters. The Hall–Kier alpha value is -0.830. The summed E-state index contributed by atoms with van der Waals surface area (Å²) in [6.45, 7) is 5.70. The van der Waals surface area contributed by atoms with Gasteiger partial charge in [0.05, 0.1) is 18.3 Å². The molecule has 1 aliphatic heterocycles. The summed E-state index contributed by atoms with van der Waals surface area (Å²) in [6.07, 6.45) is 2.26. The van der Waals surface area contributed by atoms with Crippen molar-refractivity contribution in [3.05, 3.63) is 11.8 Å². The van der Waals surface area contributed by atoms with Crippen LogP contribution in [0.15, 0.2) is 11.8 Å². The summed E-state index contributed by atoms with van der Waals surface area (Å²) >= 11 is 0. The third kappa shape index (κ3) is 1.98. The van der Waals surface area contributed by atoms with Crippen LogP contribution in [0.2, 0.25) is 0 Å². The molecule has 3 nitrogen and oxygen atoms in total. The molecule has 80 valence electrons. The number of carbonyl (C=O) groups is 1. The van der Waals surface area contributed by atoms with Gasteiger partial charge in [-0.2, -0.15) is 0 Å². The second-order valence-corrected chi connectivity index (χ2v) is 3.74. The minimum absolute atomic E-state index is 0.00157. The van der Waals surface area contributed by atoms with Crippen LogP contribution in [0.4, 0.5) is 0 Å². The van der Waals surface area contributed by atoms with E-state index in [0.29, 0.717) is 5.57 Å². The first-order valence-corrected chi connectivity index (χ1v) is 5.01. The SMILES string of the molecule is CC[C@H](OC)C1OC=C(C)C(=O)[C@H]1C. The van der Waals surface area contributed by atoms with Crippen molar-refractivity contribution in [3.8, 4) is 0 Å². The summed E-state index contributed by atoms with van der Waals surface area (Å²) in [7, 11) is 1.65. The van der Waals surface area contributed by atoms with E-state index in [1.54, 1.807) is 20.3 Å². The Balaban J connectivity index is 2.78. The molecule has 1 heterocycles. The molecular formula is C11H18O3. The van der Waals surface area contributed by atoms with Crippen molar-refractivity contribution in [1.82, 2.24) is 0 Å². The van der Waals surface area contributed by atoms with Crippen LogP contribution in [0.25, 0.3) is 0 Å². The van der Waals surface area contributed by atoms with Gasteiger partial charge in [0, 0.05) is 12.7 Å². The van der Waals surface area contributed by atoms with Crippen molar-refractivity contribution in [1.29, 1.82) is 0 Å². The van der Waals surface area contributed by atoms with E-state index < -0.39 is 0 Å². The molecule has 0 spiro atoms. The molecule has 14 heavy (non-hydrogen) atoms. The zero-order valence-electron chi connectivity index (χ0n) is 9.24. The summed E-state index contributed by atoms with van der Waals surface area (Å²) < 4.78 is 10.8. The van der Waals surface area contributed by atoms with Gasteiger partial charge in [0.15, 0.2) is 5.78 Å². The Bertz CT molecular complexity index is 241. The van der Waals surface area contributed by atoms with Gasteiger partial charge in [-0.05, 0) is 13.3 Å². The lowest BCUT2D eigenvalue weighted by Gasteiger charge is -2.32. The summed E-state index contributed by atoms with van der Waals surface area (Å²) in [5.74, 6) is 0.0571. The minimum Gasteiger partial charge on any atom is -0.494 e. The quantitative estimate of drug-likeness (QED) is 0.695. The molecule has 0 aromatic carbocycles. The highest BCUT2D eigenvalue weighted by Crippen LogP contribution is 2.24. The maximum absolute atomic E-state index is 11.7. The highest BCUT2D eigenvalue weighted by molar-refractivity contribution is 5.97. The van der Waals surface area contributed by atoms with Gasteiger partial charge in [0.2, 0.25) is 0 Å². The molecule has 0 aliphatic carbocycles. The molecule has 0 saturated carbocycles. The summed E-state index contributed by atoms with van der Waals surface area (Å²) in [5.41, 5.74) is 0.694. The van der Waals surface area contributed by atoms with E-state index in [1.165, 1.54) is 0 Å². The second kappa shape index (κ2) is 4.60. The van der Waals surface area contributed by atoms with Crippen LogP contribution in [0, 0.1) is 5.92 Å². The monoisotopic (exact) mass is 198 g/mol. The van der Waals surface area contributed by atoms with Crippen LogP contribution in [0.1, 0.15) is 27.2 Å². The van der Waals surface area contributed by atoms with Gasteiger partial charge in [0.1, 0.15) is 6.10 Å². The molecule has 0 radical (unpaired) electrons. The van der Waals surface area contributed by atoms with Crippen molar-refractivity contribution in [2.75, 3.05) is 7.11 Å². The predicted molar refractivity (Wildman–Crippen MR) is 53.9 cm³/mol. The predicted octanol–water partition coefficient (Wildman–Crippen LogP) is 1.92. The lowest BCUT2D eigenvalue weighted by Crippen LogP contribution is -2.41. The van der Waals surface area contributed by atoms with Gasteiger partial charge >= 0.3 is 0 Å². The summed E-state index contributed by atoms with van der Waals surface area (Å²) in [4.78, 5) is 11.7. The minimum atomic E-state index is -0.138. The topological polar surface area (TPSA) is 35.5 Å². The maximum Gasteiger partial charge on any atom is 0.168 e. The Morgan fingerprint density at radius 1 is 1.64 bits per heavy atom. The molecule has 0 N–H and O–H groups in total. The largest absolute Gasteiger partial charge is 0.494 e. The van der Waals surface area contributed by atoms with Gasteiger partial charge in [-0.1, -0.05) is 13.8 Å². The number of carbonyl (C=O) groups excluding carboxylic acids is 1. The zero-order valence-corrected chi connectivity index (χ0v) is 9.24. The average molecular weight is 198 g/mol. The molecule has 1 aliphatic rings. The van der Waals surface area contributed by atoms with Crippen LogP contribution < -0.4 is 0 Å². The number of ether oxygens (including phenoxy) is 2. The molecule has 3 heteroatoms. The van der Waals surface area contributed by atoms with Crippen LogP contribution >= 0.6 is 0 Å². The summed E-state index contributed by atoms with van der Waals surface area (Å²) in [6, 6.07) is 0. The van der Waals surface area contributed by atoms with Gasteiger partial charge in [-0.25, -0.2) is 0 Å². The van der Waals surface area contributed by atoms with Gasteiger partial charge in [-0.15, -0.1) is 0 Å². The first-order chi connectivity index (χ1) is 6.61. The molecule has 0 fully saturated rings. The van der Waals surface area contributed by atoms with Gasteiger partial charge < -0.3 is 9.47 Å². The fraction of sp³-hybridized carbons (Fsp3) is 0.727. The number of methoxy groups -OCH3 is 1. The standard InChI is InChI=1S/C11H18O3/c1-5-9(13-4)11-8(3)10(12)7(2)6-14-11/h6,8-9,11H,5H2,1-4H3/t8-,9+,11?/m1/s1. The van der Waals surface area contributed by atoms with E-state index in [0.717, 1.165) is 6.42 Å². The highest BCUT2D eigenvalue weighted by atomic mass is 16.5. The van der Waals surface area contributed by atoms with E-state index in [9.17, 15) is 4.79 Å². The molecule has 0 aromatic heterocycles. The number of rotatable bonds is 3. The third-order valence-corrected chi connectivity index (χ3v) is 2.77. The number of hydrogen-bond donors (Lipinski definition) is 0. The second-order valence-electron chi connectivity index (χ2n) is 3.74. The zero-order chi connectivity index (χ0) is 10.7. The highest BCUT2D eigenvalue weighted by Gasteiger charge is 2.35. The van der Waals surface area contributed by atoms with Crippen LogP contribution in [0.3, 0.4) is 0 Å². The van der Waals surface area contributed by atoms with Crippen molar-refractivity contribution in [3.63, 3.8) is 0 Å². The van der Waals surface area contributed by atoms with Crippen LogP contribution in [-0.4, -0.2) is 25.1 Å². The van der Waals surface area contributed by atoms with Crippen molar-refractivity contribution in [2.24, 2.45) is 5.92 Å². The number of ketones is 1. The van der Waals surface area contributed by atoms with Crippen molar-refractivity contribution < 1.29 is 14.3 Å².